The molecule has 0 aliphatic carbocycles. The van der Waals surface area contributed by atoms with Crippen molar-refractivity contribution >= 4 is 5.97 Å². The van der Waals surface area contributed by atoms with Gasteiger partial charge in [-0.05, 0) is 38.6 Å². The van der Waals surface area contributed by atoms with Gasteiger partial charge in [-0.25, -0.2) is 0 Å². The molecule has 0 radical (unpaired) electrons. The van der Waals surface area contributed by atoms with Gasteiger partial charge in [-0.2, -0.15) is 0 Å². The Kier molecular flexibility index (Phi) is 4.26. The third-order valence-corrected chi connectivity index (χ3v) is 5.58. The number of hydrogen-bond acceptors (Lipinski definition) is 4. The lowest BCUT2D eigenvalue weighted by atomic mass is 9.84. The molecule has 0 aromatic heterocycles. The molecular weight excluding hydrogens is 270 g/mol. The molecule has 0 aromatic carbocycles. The molecule has 1 N–H and O–H groups in total. The van der Waals surface area contributed by atoms with Gasteiger partial charge in [0.2, 0.25) is 0 Å². The minimum absolute atomic E-state index is 0.151. The summed E-state index contributed by atoms with van der Waals surface area (Å²) in [7, 11) is 0. The van der Waals surface area contributed by atoms with Crippen LogP contribution in [0.3, 0.4) is 0 Å². The molecule has 3 atom stereocenters. The maximum absolute atomic E-state index is 12.0. The Bertz CT molecular complexity index is 394. The first-order chi connectivity index (χ1) is 10.1. The predicted molar refractivity (Wildman–Crippen MR) is 78.4 cm³/mol. The van der Waals surface area contributed by atoms with Crippen LogP contribution in [-0.4, -0.2) is 59.5 Å². The Morgan fingerprint density at radius 2 is 2.24 bits per heavy atom. The first-order valence-electron chi connectivity index (χ1n) is 8.34. The highest BCUT2D eigenvalue weighted by molar-refractivity contribution is 5.79. The van der Waals surface area contributed by atoms with Crippen LogP contribution < -0.4 is 0 Å². The molecule has 0 amide bonds. The molecule has 0 aromatic rings. The summed E-state index contributed by atoms with van der Waals surface area (Å²) in [6, 6.07) is 0.325. The van der Waals surface area contributed by atoms with Crippen molar-refractivity contribution in [3.8, 4) is 0 Å². The van der Waals surface area contributed by atoms with Crippen molar-refractivity contribution in [1.82, 2.24) is 4.90 Å². The van der Waals surface area contributed by atoms with Crippen LogP contribution in [0.25, 0.3) is 0 Å². The maximum Gasteiger partial charge on any atom is 0.324 e. The fourth-order valence-corrected chi connectivity index (χ4v) is 4.58. The van der Waals surface area contributed by atoms with Crippen LogP contribution in [0.5, 0.6) is 0 Å². The smallest absolute Gasteiger partial charge is 0.324 e. The Labute approximate surface area is 126 Å². The second kappa shape index (κ2) is 5.86. The normalized spacial score (nSPS) is 40.9. The number of likely N-dealkylation sites (tertiary alicyclic amines) is 1. The van der Waals surface area contributed by atoms with Gasteiger partial charge in [-0.3, -0.25) is 9.69 Å². The monoisotopic (exact) mass is 297 g/mol. The molecule has 0 bridgehead atoms. The molecule has 5 heteroatoms. The van der Waals surface area contributed by atoms with Crippen LogP contribution >= 0.6 is 0 Å². The van der Waals surface area contributed by atoms with E-state index in [1.165, 1.54) is 0 Å². The van der Waals surface area contributed by atoms with E-state index in [1.807, 2.05) is 0 Å². The van der Waals surface area contributed by atoms with Crippen molar-refractivity contribution in [3.05, 3.63) is 0 Å². The molecular formula is C16H27NO4. The number of hydrogen-bond donors (Lipinski definition) is 1. The zero-order chi connectivity index (χ0) is 14.9. The zero-order valence-corrected chi connectivity index (χ0v) is 13.0. The molecule has 3 fully saturated rings. The van der Waals surface area contributed by atoms with Crippen molar-refractivity contribution in [2.24, 2.45) is 0 Å². The molecule has 0 saturated carbocycles. The van der Waals surface area contributed by atoms with E-state index < -0.39 is 11.5 Å². The molecule has 1 spiro atoms. The Morgan fingerprint density at radius 1 is 1.38 bits per heavy atom. The van der Waals surface area contributed by atoms with E-state index in [9.17, 15) is 9.90 Å². The zero-order valence-electron chi connectivity index (χ0n) is 13.0. The number of nitrogens with zero attached hydrogens (tertiary/aromatic N) is 1. The maximum atomic E-state index is 12.0. The fourth-order valence-electron chi connectivity index (χ4n) is 4.58. The van der Waals surface area contributed by atoms with Gasteiger partial charge in [0.05, 0.1) is 12.2 Å². The number of aliphatic carboxylic acids is 1. The Balaban J connectivity index is 1.79. The summed E-state index contributed by atoms with van der Waals surface area (Å²) in [5.41, 5.74) is -0.792. The van der Waals surface area contributed by atoms with Gasteiger partial charge >= 0.3 is 5.97 Å². The van der Waals surface area contributed by atoms with Crippen LogP contribution in [-0.2, 0) is 14.3 Å². The average Bonchev–Trinajstić information content (AvgIpc) is 3.08. The van der Waals surface area contributed by atoms with Gasteiger partial charge in [-0.15, -0.1) is 0 Å². The summed E-state index contributed by atoms with van der Waals surface area (Å²) in [5.74, 6) is -0.634. The molecule has 3 rings (SSSR count). The van der Waals surface area contributed by atoms with E-state index in [4.69, 9.17) is 9.47 Å². The summed E-state index contributed by atoms with van der Waals surface area (Å²) in [4.78, 5) is 14.3. The number of rotatable bonds is 4. The van der Waals surface area contributed by atoms with Gasteiger partial charge in [-0.1, -0.05) is 13.3 Å². The van der Waals surface area contributed by atoms with Crippen LogP contribution in [0.4, 0.5) is 0 Å². The van der Waals surface area contributed by atoms with E-state index in [0.717, 1.165) is 64.7 Å². The first-order valence-corrected chi connectivity index (χ1v) is 8.34. The Hall–Kier alpha value is -0.650. The summed E-state index contributed by atoms with van der Waals surface area (Å²) in [6.07, 6.45) is 6.27. The Morgan fingerprint density at radius 3 is 2.90 bits per heavy atom. The minimum atomic E-state index is -0.641. The standard InChI is InChI=1S/C16H27NO4/c1-2-5-16(14(18)19)6-3-8-17(16)13-4-9-21-15(11-13)7-10-20-12-15/h13H,2-12H2,1H3,(H,18,19). The second-order valence-electron chi connectivity index (χ2n) is 6.86. The predicted octanol–water partition coefficient (Wildman–Crippen LogP) is 2.04. The number of carboxylic acid groups (broad SMARTS) is 1. The van der Waals surface area contributed by atoms with E-state index in [1.54, 1.807) is 0 Å². The summed E-state index contributed by atoms with van der Waals surface area (Å²) < 4.78 is 11.5. The minimum Gasteiger partial charge on any atom is -0.480 e. The molecule has 3 aliphatic rings. The highest BCUT2D eigenvalue weighted by Gasteiger charge is 2.52. The molecule has 3 saturated heterocycles. The van der Waals surface area contributed by atoms with Crippen molar-refractivity contribution in [1.29, 1.82) is 0 Å². The first kappa shape index (κ1) is 15.3. The summed E-state index contributed by atoms with van der Waals surface area (Å²) in [5, 5.41) is 9.86. The van der Waals surface area contributed by atoms with Crippen LogP contribution in [0.1, 0.15) is 51.9 Å². The van der Waals surface area contributed by atoms with E-state index in [-0.39, 0.29) is 5.60 Å². The summed E-state index contributed by atoms with van der Waals surface area (Å²) >= 11 is 0. The van der Waals surface area contributed by atoms with Crippen LogP contribution in [0, 0.1) is 0 Å². The third-order valence-electron chi connectivity index (χ3n) is 5.58. The highest BCUT2D eigenvalue weighted by Crippen LogP contribution is 2.42. The molecule has 21 heavy (non-hydrogen) atoms. The topological polar surface area (TPSA) is 59.0 Å². The fraction of sp³-hybridized carbons (Fsp3) is 0.938. The van der Waals surface area contributed by atoms with Crippen LogP contribution in [0.2, 0.25) is 0 Å². The quantitative estimate of drug-likeness (QED) is 0.860. The van der Waals surface area contributed by atoms with Gasteiger partial charge in [0.25, 0.3) is 0 Å². The van der Waals surface area contributed by atoms with Crippen molar-refractivity contribution in [2.75, 3.05) is 26.4 Å². The van der Waals surface area contributed by atoms with Crippen molar-refractivity contribution in [2.45, 2.75) is 69.1 Å². The van der Waals surface area contributed by atoms with E-state index in [2.05, 4.69) is 11.8 Å². The number of ether oxygens (including phenoxy) is 2. The molecule has 3 unspecified atom stereocenters. The van der Waals surface area contributed by atoms with Gasteiger partial charge in [0.1, 0.15) is 5.54 Å². The second-order valence-corrected chi connectivity index (χ2v) is 6.86. The molecule has 5 nitrogen and oxygen atoms in total. The largest absolute Gasteiger partial charge is 0.480 e. The van der Waals surface area contributed by atoms with Gasteiger partial charge in [0.15, 0.2) is 0 Å². The summed E-state index contributed by atoms with van der Waals surface area (Å²) in [6.45, 7) is 5.16. The lowest BCUT2D eigenvalue weighted by molar-refractivity contribution is -0.158. The van der Waals surface area contributed by atoms with Crippen molar-refractivity contribution in [3.63, 3.8) is 0 Å². The van der Waals surface area contributed by atoms with E-state index in [0.29, 0.717) is 12.6 Å². The molecule has 120 valence electrons. The van der Waals surface area contributed by atoms with Gasteiger partial charge < -0.3 is 14.6 Å². The molecule has 3 heterocycles. The number of carboxylic acids is 1. The molecule has 3 aliphatic heterocycles. The lowest BCUT2D eigenvalue weighted by Gasteiger charge is -2.46. The van der Waals surface area contributed by atoms with Gasteiger partial charge in [0, 0.05) is 25.7 Å². The third kappa shape index (κ3) is 2.60. The van der Waals surface area contributed by atoms with Crippen molar-refractivity contribution < 1.29 is 19.4 Å². The lowest BCUT2D eigenvalue weighted by Crippen LogP contribution is -2.58. The number of carbonyl (C=O) groups is 1. The highest BCUT2D eigenvalue weighted by atomic mass is 16.6. The SMILES string of the molecule is CCCC1(C(=O)O)CCCN1C1CCOC2(CCOC2)C1. The average molecular weight is 297 g/mol. The van der Waals surface area contributed by atoms with E-state index >= 15 is 0 Å². The van der Waals surface area contributed by atoms with Crippen LogP contribution in [0.15, 0.2) is 0 Å².